The van der Waals surface area contributed by atoms with Gasteiger partial charge >= 0.3 is 6.18 Å². The highest BCUT2D eigenvalue weighted by Crippen LogP contribution is 2.24. The number of piperidine rings is 1. The largest absolute Gasteiger partial charge is 0.406 e. The number of hydrogen-bond acceptors (Lipinski definition) is 3. The summed E-state index contributed by atoms with van der Waals surface area (Å²) in [7, 11) is 1.65. The molecule has 0 radical (unpaired) electrons. The number of carbonyl (C=O) groups is 2. The van der Waals surface area contributed by atoms with Crippen LogP contribution in [0.25, 0.3) is 0 Å². The molecule has 0 unspecified atom stereocenters. The van der Waals surface area contributed by atoms with Crippen LogP contribution in [0, 0.1) is 5.92 Å². The van der Waals surface area contributed by atoms with Crippen LogP contribution in [-0.2, 0) is 9.59 Å². The Morgan fingerprint density at radius 3 is 2.38 bits per heavy atom. The number of halogens is 3. The fourth-order valence-corrected chi connectivity index (χ4v) is 3.41. The topological polar surface area (TPSA) is 43.9 Å². The van der Waals surface area contributed by atoms with Crippen LogP contribution in [0.4, 0.5) is 13.2 Å². The summed E-state index contributed by atoms with van der Waals surface area (Å²) in [6, 6.07) is -1.17. The summed E-state index contributed by atoms with van der Waals surface area (Å²) in [5.41, 5.74) is 0. The molecule has 24 heavy (non-hydrogen) atoms. The van der Waals surface area contributed by atoms with Crippen LogP contribution in [-0.4, -0.2) is 78.0 Å². The molecule has 2 saturated heterocycles. The fourth-order valence-electron chi connectivity index (χ4n) is 3.41. The molecule has 0 aliphatic carbocycles. The summed E-state index contributed by atoms with van der Waals surface area (Å²) in [6.45, 7) is 4.15. The Balaban J connectivity index is 1.94. The first kappa shape index (κ1) is 19.0. The van der Waals surface area contributed by atoms with E-state index in [0.717, 1.165) is 17.7 Å². The van der Waals surface area contributed by atoms with E-state index in [2.05, 4.69) is 6.92 Å². The van der Waals surface area contributed by atoms with E-state index in [1.807, 2.05) is 0 Å². The summed E-state index contributed by atoms with van der Waals surface area (Å²) < 4.78 is 37.5. The summed E-state index contributed by atoms with van der Waals surface area (Å²) >= 11 is 0. The van der Waals surface area contributed by atoms with Crippen LogP contribution in [0.3, 0.4) is 0 Å². The molecule has 2 heterocycles. The minimum Gasteiger partial charge on any atom is -0.341 e. The van der Waals surface area contributed by atoms with Crippen LogP contribution in [0.15, 0.2) is 0 Å². The summed E-state index contributed by atoms with van der Waals surface area (Å²) in [6.07, 6.45) is -2.15. The number of carbonyl (C=O) groups excluding carboxylic acids is 2. The smallest absolute Gasteiger partial charge is 0.341 e. The van der Waals surface area contributed by atoms with Crippen molar-refractivity contribution >= 4 is 11.8 Å². The lowest BCUT2D eigenvalue weighted by atomic mass is 9.98. The van der Waals surface area contributed by atoms with Crippen molar-refractivity contribution in [1.29, 1.82) is 0 Å². The van der Waals surface area contributed by atoms with Crippen LogP contribution in [0.2, 0.25) is 0 Å². The first-order valence-corrected chi connectivity index (χ1v) is 8.46. The second-order valence-corrected chi connectivity index (χ2v) is 7.03. The molecule has 2 fully saturated rings. The molecule has 2 atom stereocenters. The van der Waals surface area contributed by atoms with Gasteiger partial charge in [-0.1, -0.05) is 6.92 Å². The Bertz CT molecular complexity index is 476. The SMILES string of the molecule is CC1CCN(C(=O)[C@@H](C)N(C)[C@@H]2CCN(CC(F)(F)F)C2=O)CC1. The van der Waals surface area contributed by atoms with Crippen molar-refractivity contribution in [2.75, 3.05) is 33.2 Å². The van der Waals surface area contributed by atoms with E-state index in [1.165, 1.54) is 0 Å². The van der Waals surface area contributed by atoms with Gasteiger partial charge < -0.3 is 9.80 Å². The van der Waals surface area contributed by atoms with Gasteiger partial charge in [-0.2, -0.15) is 13.2 Å². The van der Waals surface area contributed by atoms with Gasteiger partial charge in [-0.3, -0.25) is 14.5 Å². The van der Waals surface area contributed by atoms with Gasteiger partial charge in [0.1, 0.15) is 6.54 Å². The van der Waals surface area contributed by atoms with E-state index < -0.39 is 30.7 Å². The fraction of sp³-hybridized carbons (Fsp3) is 0.875. The molecule has 0 aromatic carbocycles. The van der Waals surface area contributed by atoms with Crippen molar-refractivity contribution in [1.82, 2.24) is 14.7 Å². The Labute approximate surface area is 140 Å². The number of amides is 2. The first-order chi connectivity index (χ1) is 11.1. The zero-order valence-corrected chi connectivity index (χ0v) is 14.5. The molecule has 5 nitrogen and oxygen atoms in total. The van der Waals surface area contributed by atoms with Crippen molar-refractivity contribution in [2.45, 2.75) is 51.4 Å². The van der Waals surface area contributed by atoms with E-state index >= 15 is 0 Å². The third-order valence-electron chi connectivity index (χ3n) is 5.19. The molecule has 0 bridgehead atoms. The number of nitrogens with zero attached hydrogens (tertiary/aromatic N) is 3. The lowest BCUT2D eigenvalue weighted by molar-refractivity contribution is -0.159. The Kier molecular flexibility index (Phi) is 5.78. The maximum Gasteiger partial charge on any atom is 0.406 e. The normalized spacial score (nSPS) is 24.8. The minimum absolute atomic E-state index is 0.0496. The minimum atomic E-state index is -4.39. The highest BCUT2D eigenvalue weighted by Gasteiger charge is 2.42. The maximum atomic E-state index is 12.6. The van der Waals surface area contributed by atoms with E-state index in [9.17, 15) is 22.8 Å². The average molecular weight is 349 g/mol. The van der Waals surface area contributed by atoms with Gasteiger partial charge in [0, 0.05) is 19.6 Å². The molecule has 2 aliphatic rings. The van der Waals surface area contributed by atoms with Crippen LogP contribution < -0.4 is 0 Å². The monoisotopic (exact) mass is 349 g/mol. The van der Waals surface area contributed by atoms with Gasteiger partial charge in [0.25, 0.3) is 0 Å². The number of likely N-dealkylation sites (tertiary alicyclic amines) is 2. The van der Waals surface area contributed by atoms with Gasteiger partial charge in [0.2, 0.25) is 11.8 Å². The van der Waals surface area contributed by atoms with Crippen molar-refractivity contribution in [3.8, 4) is 0 Å². The third-order valence-corrected chi connectivity index (χ3v) is 5.19. The van der Waals surface area contributed by atoms with Crippen LogP contribution in [0.1, 0.15) is 33.1 Å². The summed E-state index contributed by atoms with van der Waals surface area (Å²) in [4.78, 5) is 29.1. The molecule has 0 N–H and O–H groups in total. The number of likely N-dealkylation sites (N-methyl/N-ethyl adjacent to an activating group) is 1. The second-order valence-electron chi connectivity index (χ2n) is 7.03. The molecule has 2 amide bonds. The standard InChI is InChI=1S/C16H26F3N3O2/c1-11-4-7-21(8-5-11)14(23)12(2)20(3)13-6-9-22(15(13)24)10-16(17,18)19/h11-13H,4-10H2,1-3H3/t12-,13-/m1/s1. The maximum absolute atomic E-state index is 12.6. The van der Waals surface area contributed by atoms with Gasteiger partial charge in [-0.05, 0) is 39.2 Å². The van der Waals surface area contributed by atoms with Crippen molar-refractivity contribution < 1.29 is 22.8 Å². The molecule has 2 aliphatic heterocycles. The molecule has 0 saturated carbocycles. The predicted octanol–water partition coefficient (Wildman–Crippen LogP) is 1.73. The van der Waals surface area contributed by atoms with E-state index in [1.54, 1.807) is 23.8 Å². The van der Waals surface area contributed by atoms with Gasteiger partial charge in [-0.15, -0.1) is 0 Å². The Morgan fingerprint density at radius 1 is 1.25 bits per heavy atom. The first-order valence-electron chi connectivity index (χ1n) is 8.46. The lowest BCUT2D eigenvalue weighted by Crippen LogP contribution is -2.53. The molecule has 8 heteroatoms. The van der Waals surface area contributed by atoms with E-state index in [-0.39, 0.29) is 12.5 Å². The molecule has 0 aromatic rings. The zero-order valence-electron chi connectivity index (χ0n) is 14.5. The highest BCUT2D eigenvalue weighted by atomic mass is 19.4. The van der Waals surface area contributed by atoms with E-state index in [4.69, 9.17) is 0 Å². The van der Waals surface area contributed by atoms with Gasteiger partial charge in [0.15, 0.2) is 0 Å². The van der Waals surface area contributed by atoms with Crippen molar-refractivity contribution in [3.63, 3.8) is 0 Å². The number of hydrogen-bond donors (Lipinski definition) is 0. The Hall–Kier alpha value is -1.31. The molecular formula is C16H26F3N3O2. The Morgan fingerprint density at radius 2 is 1.83 bits per heavy atom. The zero-order chi connectivity index (χ0) is 18.1. The van der Waals surface area contributed by atoms with Gasteiger partial charge in [-0.25, -0.2) is 0 Å². The molecule has 138 valence electrons. The van der Waals surface area contributed by atoms with Gasteiger partial charge in [0.05, 0.1) is 12.1 Å². The van der Waals surface area contributed by atoms with Crippen LogP contribution in [0.5, 0.6) is 0 Å². The second kappa shape index (κ2) is 7.29. The third kappa shape index (κ3) is 4.40. The molecule has 0 spiro atoms. The molecule has 2 rings (SSSR count). The molecular weight excluding hydrogens is 323 g/mol. The summed E-state index contributed by atoms with van der Waals surface area (Å²) in [5.74, 6) is 0.0163. The number of alkyl halides is 3. The van der Waals surface area contributed by atoms with Crippen molar-refractivity contribution in [3.05, 3.63) is 0 Å². The quantitative estimate of drug-likeness (QED) is 0.776. The molecule has 0 aromatic heterocycles. The van der Waals surface area contributed by atoms with Crippen molar-refractivity contribution in [2.24, 2.45) is 5.92 Å². The lowest BCUT2D eigenvalue weighted by Gasteiger charge is -2.36. The van der Waals surface area contributed by atoms with E-state index in [0.29, 0.717) is 25.4 Å². The number of rotatable bonds is 4. The highest BCUT2D eigenvalue weighted by molar-refractivity contribution is 5.86. The predicted molar refractivity (Wildman–Crippen MR) is 83.2 cm³/mol. The summed E-state index contributed by atoms with van der Waals surface area (Å²) in [5, 5.41) is 0. The average Bonchev–Trinajstić information content (AvgIpc) is 2.85. The van der Waals surface area contributed by atoms with Crippen LogP contribution >= 0.6 is 0 Å².